The van der Waals surface area contributed by atoms with E-state index in [1.165, 1.54) is 45.3 Å². The summed E-state index contributed by atoms with van der Waals surface area (Å²) in [4.78, 5) is 0. The molecule has 0 aromatic rings. The Morgan fingerprint density at radius 3 is 2.00 bits per heavy atom. The molecule has 1 nitrogen and oxygen atoms in total. The van der Waals surface area contributed by atoms with E-state index < -0.39 is 0 Å². The zero-order valence-electron chi connectivity index (χ0n) is 9.68. The van der Waals surface area contributed by atoms with Crippen molar-refractivity contribution in [3.8, 4) is 0 Å². The fourth-order valence-corrected chi connectivity index (χ4v) is 1.74. The molecule has 0 bridgehead atoms. The highest BCUT2D eigenvalue weighted by molar-refractivity contribution is 4.56. The van der Waals surface area contributed by atoms with Crippen molar-refractivity contribution in [2.24, 2.45) is 0 Å². The van der Waals surface area contributed by atoms with Crippen LogP contribution in [0.3, 0.4) is 0 Å². The van der Waals surface area contributed by atoms with Crippen molar-refractivity contribution in [1.29, 1.82) is 0 Å². The second-order valence-electron chi connectivity index (χ2n) is 3.82. The average Bonchev–Trinajstić information content (AvgIpc) is 2.20. The van der Waals surface area contributed by atoms with Gasteiger partial charge in [-0.15, -0.1) is 0 Å². The van der Waals surface area contributed by atoms with Crippen molar-refractivity contribution in [3.63, 3.8) is 0 Å². The van der Waals surface area contributed by atoms with Crippen molar-refractivity contribution in [2.75, 3.05) is 19.6 Å². The Morgan fingerprint density at radius 1 is 1.00 bits per heavy atom. The number of hydrogen-bond donors (Lipinski definition) is 0. The summed E-state index contributed by atoms with van der Waals surface area (Å²) >= 11 is 0. The number of unbranched alkanes of at least 4 members (excludes halogenated alkanes) is 3. The standard InChI is InChI=1S/C12H26N/c1-5-9-10-11-12-13(6-2,7-3)8-4/h6H,2,5,7-12H2,1,3-4H3/q+1. The highest BCUT2D eigenvalue weighted by Gasteiger charge is 2.17. The summed E-state index contributed by atoms with van der Waals surface area (Å²) in [6.45, 7) is 14.4. The summed E-state index contributed by atoms with van der Waals surface area (Å²) in [7, 11) is 0. The summed E-state index contributed by atoms with van der Waals surface area (Å²) in [5.41, 5.74) is 0. The SMILES string of the molecule is C=C[N+](CC)(CC)CCCCCC. The van der Waals surface area contributed by atoms with Gasteiger partial charge < -0.3 is 0 Å². The van der Waals surface area contributed by atoms with Crippen LogP contribution in [0.25, 0.3) is 0 Å². The van der Waals surface area contributed by atoms with Crippen LogP contribution in [0.4, 0.5) is 0 Å². The maximum atomic E-state index is 3.95. The molecule has 0 rings (SSSR count). The topological polar surface area (TPSA) is 0 Å². The molecule has 13 heavy (non-hydrogen) atoms. The summed E-state index contributed by atoms with van der Waals surface area (Å²) in [5.74, 6) is 0. The molecule has 0 spiro atoms. The second-order valence-corrected chi connectivity index (χ2v) is 3.82. The maximum absolute atomic E-state index is 3.95. The van der Waals surface area contributed by atoms with Crippen LogP contribution < -0.4 is 0 Å². The quantitative estimate of drug-likeness (QED) is 0.399. The molecule has 0 aliphatic carbocycles. The smallest absolute Gasteiger partial charge is 0.0885 e. The number of rotatable bonds is 8. The van der Waals surface area contributed by atoms with Gasteiger partial charge in [0.15, 0.2) is 0 Å². The Kier molecular flexibility index (Phi) is 6.97. The molecule has 0 N–H and O–H groups in total. The van der Waals surface area contributed by atoms with Crippen molar-refractivity contribution < 1.29 is 4.48 Å². The minimum absolute atomic E-state index is 1.09. The lowest BCUT2D eigenvalue weighted by Gasteiger charge is -2.32. The molecule has 0 aliphatic rings. The first-order valence-electron chi connectivity index (χ1n) is 5.74. The van der Waals surface area contributed by atoms with E-state index in [9.17, 15) is 0 Å². The minimum atomic E-state index is 1.09. The van der Waals surface area contributed by atoms with Crippen LogP contribution in [0.5, 0.6) is 0 Å². The van der Waals surface area contributed by atoms with Gasteiger partial charge in [0.2, 0.25) is 0 Å². The molecular formula is C12H26N+. The lowest BCUT2D eigenvalue weighted by Crippen LogP contribution is -2.42. The normalized spacial score (nSPS) is 11.6. The first kappa shape index (κ1) is 12.7. The molecule has 0 radical (unpaired) electrons. The molecule has 78 valence electrons. The van der Waals surface area contributed by atoms with Crippen LogP contribution in [0, 0.1) is 0 Å². The van der Waals surface area contributed by atoms with Crippen molar-refractivity contribution in [3.05, 3.63) is 12.8 Å². The summed E-state index contributed by atoms with van der Waals surface area (Å²) < 4.78 is 1.09. The maximum Gasteiger partial charge on any atom is 0.0885 e. The minimum Gasteiger partial charge on any atom is -0.298 e. The van der Waals surface area contributed by atoms with E-state index in [0.29, 0.717) is 0 Å². The summed E-state index contributed by atoms with van der Waals surface area (Å²) in [6, 6.07) is 0. The summed E-state index contributed by atoms with van der Waals surface area (Å²) in [5, 5.41) is 0. The van der Waals surface area contributed by atoms with Crippen LogP contribution in [-0.2, 0) is 0 Å². The molecule has 0 aromatic carbocycles. The van der Waals surface area contributed by atoms with Crippen molar-refractivity contribution in [1.82, 2.24) is 0 Å². The Hall–Kier alpha value is -0.300. The molecule has 0 aromatic heterocycles. The van der Waals surface area contributed by atoms with E-state index in [-0.39, 0.29) is 0 Å². The van der Waals surface area contributed by atoms with Gasteiger partial charge >= 0.3 is 0 Å². The first-order chi connectivity index (χ1) is 6.24. The van der Waals surface area contributed by atoms with Gasteiger partial charge in [-0.2, -0.15) is 0 Å². The van der Waals surface area contributed by atoms with Gasteiger partial charge in [-0.1, -0.05) is 19.8 Å². The lowest BCUT2D eigenvalue weighted by molar-refractivity contribution is -0.876. The van der Waals surface area contributed by atoms with Gasteiger partial charge in [-0.3, -0.25) is 4.48 Å². The fourth-order valence-electron chi connectivity index (χ4n) is 1.74. The van der Waals surface area contributed by atoms with Gasteiger partial charge in [0, 0.05) is 0 Å². The van der Waals surface area contributed by atoms with Crippen LogP contribution in [0.15, 0.2) is 12.8 Å². The number of nitrogens with zero attached hydrogens (tertiary/aromatic N) is 1. The van der Waals surface area contributed by atoms with E-state index in [1.807, 2.05) is 0 Å². The van der Waals surface area contributed by atoms with Gasteiger partial charge in [-0.05, 0) is 33.3 Å². The second kappa shape index (κ2) is 7.14. The van der Waals surface area contributed by atoms with Gasteiger partial charge in [0.05, 0.1) is 25.8 Å². The van der Waals surface area contributed by atoms with Crippen LogP contribution >= 0.6 is 0 Å². The van der Waals surface area contributed by atoms with Gasteiger partial charge in [0.1, 0.15) is 0 Å². The average molecular weight is 184 g/mol. The van der Waals surface area contributed by atoms with Crippen LogP contribution in [0.1, 0.15) is 46.5 Å². The molecular weight excluding hydrogens is 158 g/mol. The Bertz CT molecular complexity index is 125. The predicted molar refractivity (Wildman–Crippen MR) is 60.5 cm³/mol. The molecule has 0 fully saturated rings. The Balaban J connectivity index is 3.75. The third kappa shape index (κ3) is 4.47. The third-order valence-electron chi connectivity index (χ3n) is 3.10. The largest absolute Gasteiger partial charge is 0.298 e. The zero-order chi connectivity index (χ0) is 10.2. The van der Waals surface area contributed by atoms with E-state index in [1.54, 1.807) is 0 Å². The van der Waals surface area contributed by atoms with E-state index in [2.05, 4.69) is 33.6 Å². The number of hydrogen-bond acceptors (Lipinski definition) is 0. The first-order valence-corrected chi connectivity index (χ1v) is 5.74. The molecule has 0 atom stereocenters. The van der Waals surface area contributed by atoms with E-state index in [0.717, 1.165) is 4.48 Å². The molecule has 0 heterocycles. The number of quaternary nitrogens is 1. The molecule has 1 heteroatoms. The predicted octanol–water partition coefficient (Wildman–Crippen LogP) is 3.57. The van der Waals surface area contributed by atoms with E-state index in [4.69, 9.17) is 0 Å². The highest BCUT2D eigenvalue weighted by atomic mass is 15.3. The molecule has 0 amide bonds. The molecule has 0 saturated carbocycles. The molecule has 0 unspecified atom stereocenters. The van der Waals surface area contributed by atoms with Gasteiger partial charge in [0.25, 0.3) is 0 Å². The van der Waals surface area contributed by atoms with Gasteiger partial charge in [-0.25, -0.2) is 0 Å². The Labute approximate surface area is 84.0 Å². The molecule has 0 aliphatic heterocycles. The third-order valence-corrected chi connectivity index (χ3v) is 3.10. The highest BCUT2D eigenvalue weighted by Crippen LogP contribution is 2.10. The fraction of sp³-hybridized carbons (Fsp3) is 0.833. The van der Waals surface area contributed by atoms with E-state index >= 15 is 0 Å². The molecule has 0 saturated heterocycles. The zero-order valence-corrected chi connectivity index (χ0v) is 9.68. The van der Waals surface area contributed by atoms with Crippen LogP contribution in [-0.4, -0.2) is 24.1 Å². The van der Waals surface area contributed by atoms with Crippen molar-refractivity contribution >= 4 is 0 Å². The monoisotopic (exact) mass is 184 g/mol. The Morgan fingerprint density at radius 2 is 1.62 bits per heavy atom. The van der Waals surface area contributed by atoms with Crippen molar-refractivity contribution in [2.45, 2.75) is 46.5 Å². The van der Waals surface area contributed by atoms with Crippen LogP contribution in [0.2, 0.25) is 0 Å². The summed E-state index contributed by atoms with van der Waals surface area (Å²) in [6.07, 6.45) is 7.55. The lowest BCUT2D eigenvalue weighted by atomic mass is 10.2.